The number of benzene rings is 3. The Morgan fingerprint density at radius 3 is 2.42 bits per heavy atom. The molecule has 0 aliphatic heterocycles. The molecule has 0 heterocycles. The van der Waals surface area contributed by atoms with E-state index in [0.29, 0.717) is 22.0 Å². The molecule has 0 unspecified atom stereocenters. The minimum absolute atomic E-state index is 0.185. The molecule has 132 valence electrons. The first-order chi connectivity index (χ1) is 12.5. The van der Waals surface area contributed by atoms with E-state index in [4.69, 9.17) is 28.6 Å². The first-order valence-electron chi connectivity index (χ1n) is 7.93. The monoisotopic (exact) mass is 384 g/mol. The minimum Gasteiger partial charge on any atom is -0.496 e. The number of ether oxygens (including phenoxy) is 1. The summed E-state index contributed by atoms with van der Waals surface area (Å²) in [7, 11) is 1.53. The van der Waals surface area contributed by atoms with Crippen LogP contribution in [0.15, 0.2) is 54.6 Å². The molecule has 3 aromatic rings. The second-order valence-electron chi connectivity index (χ2n) is 5.77. The molecule has 2 N–H and O–H groups in total. The van der Waals surface area contributed by atoms with E-state index < -0.39 is 0 Å². The maximum absolute atomic E-state index is 12.6. The fourth-order valence-electron chi connectivity index (χ4n) is 2.57. The Bertz CT molecular complexity index is 1000. The molecule has 4 nitrogen and oxygen atoms in total. The number of hydrogen-bond donors (Lipinski definition) is 2. The summed E-state index contributed by atoms with van der Waals surface area (Å²) < 4.78 is 5.36. The van der Waals surface area contributed by atoms with Gasteiger partial charge in [0.2, 0.25) is 0 Å². The number of carbonyl (C=O) groups is 1. The van der Waals surface area contributed by atoms with Gasteiger partial charge in [-0.05, 0) is 59.7 Å². The first-order valence-corrected chi connectivity index (χ1v) is 8.72. The number of hydrogen-bond acceptors (Lipinski definition) is 3. The minimum atomic E-state index is -0.344. The molecule has 0 saturated heterocycles. The van der Waals surface area contributed by atoms with Gasteiger partial charge in [0.1, 0.15) is 5.75 Å². The largest absolute Gasteiger partial charge is 0.496 e. The molecule has 3 rings (SSSR count). The van der Waals surface area contributed by atoms with Crippen molar-refractivity contribution in [3.63, 3.8) is 0 Å². The van der Waals surface area contributed by atoms with Crippen LogP contribution in [-0.4, -0.2) is 18.1 Å². The van der Waals surface area contributed by atoms with Crippen molar-refractivity contribution in [3.8, 4) is 5.75 Å². The summed E-state index contributed by atoms with van der Waals surface area (Å²) in [5, 5.41) is 8.39. The van der Waals surface area contributed by atoms with E-state index in [2.05, 4.69) is 10.6 Å². The molecule has 0 fully saturated rings. The topological polar surface area (TPSA) is 50.4 Å². The van der Waals surface area contributed by atoms with Gasteiger partial charge in [-0.3, -0.25) is 10.1 Å². The van der Waals surface area contributed by atoms with Crippen molar-refractivity contribution < 1.29 is 9.53 Å². The SMILES string of the molecule is COc1cc2ccccc2cc1C(=O)NC(=S)Nc1ccc(C)c(Cl)c1. The number of carbonyl (C=O) groups excluding carboxylic acids is 1. The van der Waals surface area contributed by atoms with Gasteiger partial charge < -0.3 is 10.1 Å². The highest BCUT2D eigenvalue weighted by atomic mass is 35.5. The maximum Gasteiger partial charge on any atom is 0.261 e. The molecule has 0 atom stereocenters. The Morgan fingerprint density at radius 2 is 1.77 bits per heavy atom. The summed E-state index contributed by atoms with van der Waals surface area (Å²) in [5.41, 5.74) is 2.08. The lowest BCUT2D eigenvalue weighted by Crippen LogP contribution is -2.34. The molecule has 0 aliphatic rings. The standard InChI is InChI=1S/C20H17ClN2O2S/c1-12-7-8-15(11-17(12)21)22-20(26)23-19(24)16-9-13-5-3-4-6-14(13)10-18(16)25-2/h3-11H,1-2H3,(H2,22,23,24,26). The number of fused-ring (bicyclic) bond motifs is 1. The molecule has 26 heavy (non-hydrogen) atoms. The van der Waals surface area contributed by atoms with Crippen LogP contribution >= 0.6 is 23.8 Å². The fraction of sp³-hybridized carbons (Fsp3) is 0.100. The third kappa shape index (κ3) is 3.95. The predicted molar refractivity (Wildman–Crippen MR) is 110 cm³/mol. The molecule has 0 spiro atoms. The van der Waals surface area contributed by atoms with Crippen molar-refractivity contribution in [2.45, 2.75) is 6.92 Å². The number of methoxy groups -OCH3 is 1. The lowest BCUT2D eigenvalue weighted by Gasteiger charge is -2.13. The van der Waals surface area contributed by atoms with Crippen LogP contribution in [0.5, 0.6) is 5.75 Å². The van der Waals surface area contributed by atoms with Crippen LogP contribution in [0, 0.1) is 6.92 Å². The number of nitrogens with one attached hydrogen (secondary N) is 2. The van der Waals surface area contributed by atoms with Gasteiger partial charge in [0.05, 0.1) is 12.7 Å². The normalized spacial score (nSPS) is 10.4. The average Bonchev–Trinajstić information content (AvgIpc) is 2.63. The van der Waals surface area contributed by atoms with Crippen molar-refractivity contribution in [3.05, 3.63) is 70.7 Å². The van der Waals surface area contributed by atoms with E-state index in [-0.39, 0.29) is 11.0 Å². The summed E-state index contributed by atoms with van der Waals surface area (Å²) in [5.74, 6) is 0.144. The Morgan fingerprint density at radius 1 is 1.08 bits per heavy atom. The van der Waals surface area contributed by atoms with E-state index in [1.807, 2.05) is 49.4 Å². The zero-order chi connectivity index (χ0) is 18.7. The van der Waals surface area contributed by atoms with Crippen LogP contribution in [0.2, 0.25) is 5.02 Å². The molecule has 3 aromatic carbocycles. The Labute approximate surface area is 162 Å². The molecule has 0 aromatic heterocycles. The zero-order valence-electron chi connectivity index (χ0n) is 14.3. The van der Waals surface area contributed by atoms with Crippen LogP contribution < -0.4 is 15.4 Å². The smallest absolute Gasteiger partial charge is 0.261 e. The van der Waals surface area contributed by atoms with Gasteiger partial charge in [0.25, 0.3) is 5.91 Å². The summed E-state index contributed by atoms with van der Waals surface area (Å²) in [6, 6.07) is 16.9. The number of aryl methyl sites for hydroxylation is 1. The van der Waals surface area contributed by atoms with E-state index in [0.717, 1.165) is 16.3 Å². The Hall–Kier alpha value is -2.63. The van der Waals surface area contributed by atoms with Crippen molar-refractivity contribution in [1.82, 2.24) is 5.32 Å². The van der Waals surface area contributed by atoms with Crippen molar-refractivity contribution >= 4 is 51.3 Å². The second-order valence-corrected chi connectivity index (χ2v) is 6.59. The van der Waals surface area contributed by atoms with Crippen LogP contribution in [0.1, 0.15) is 15.9 Å². The van der Waals surface area contributed by atoms with Crippen molar-refractivity contribution in [2.24, 2.45) is 0 Å². The average molecular weight is 385 g/mol. The van der Waals surface area contributed by atoms with E-state index in [1.165, 1.54) is 7.11 Å². The van der Waals surface area contributed by atoms with E-state index in [9.17, 15) is 4.79 Å². The predicted octanol–water partition coefficient (Wildman–Crippen LogP) is 4.94. The highest BCUT2D eigenvalue weighted by Gasteiger charge is 2.15. The Kier molecular flexibility index (Phi) is 5.40. The van der Waals surface area contributed by atoms with Gasteiger partial charge in [0.15, 0.2) is 5.11 Å². The number of thiocarbonyl (C=S) groups is 1. The summed E-state index contributed by atoms with van der Waals surface area (Å²) in [6.07, 6.45) is 0. The third-order valence-electron chi connectivity index (χ3n) is 3.97. The Balaban J connectivity index is 1.79. The molecule has 0 aliphatic carbocycles. The highest BCUT2D eigenvalue weighted by Crippen LogP contribution is 2.26. The maximum atomic E-state index is 12.6. The lowest BCUT2D eigenvalue weighted by atomic mass is 10.1. The molecule has 6 heteroatoms. The van der Waals surface area contributed by atoms with Crippen LogP contribution in [0.4, 0.5) is 5.69 Å². The number of anilines is 1. The molecule has 0 saturated carbocycles. The van der Waals surface area contributed by atoms with E-state index in [1.54, 1.807) is 12.1 Å². The van der Waals surface area contributed by atoms with Crippen molar-refractivity contribution in [2.75, 3.05) is 12.4 Å². The number of amides is 1. The first kappa shape index (κ1) is 18.2. The quantitative estimate of drug-likeness (QED) is 0.628. The van der Waals surface area contributed by atoms with Crippen molar-refractivity contribution in [1.29, 1.82) is 0 Å². The molecular formula is C20H17ClN2O2S. The van der Waals surface area contributed by atoms with Gasteiger partial charge in [-0.2, -0.15) is 0 Å². The van der Waals surface area contributed by atoms with E-state index >= 15 is 0 Å². The van der Waals surface area contributed by atoms with Gasteiger partial charge in [-0.25, -0.2) is 0 Å². The summed E-state index contributed by atoms with van der Waals surface area (Å²) in [6.45, 7) is 1.91. The zero-order valence-corrected chi connectivity index (χ0v) is 15.9. The van der Waals surface area contributed by atoms with Gasteiger partial charge in [-0.15, -0.1) is 0 Å². The third-order valence-corrected chi connectivity index (χ3v) is 4.58. The lowest BCUT2D eigenvalue weighted by molar-refractivity contribution is 0.0975. The number of rotatable bonds is 3. The van der Waals surface area contributed by atoms with Crippen LogP contribution in [-0.2, 0) is 0 Å². The molecule has 1 amide bonds. The van der Waals surface area contributed by atoms with Gasteiger partial charge >= 0.3 is 0 Å². The molecule has 0 radical (unpaired) electrons. The molecule has 0 bridgehead atoms. The fourth-order valence-corrected chi connectivity index (χ4v) is 2.96. The molecular weight excluding hydrogens is 368 g/mol. The van der Waals surface area contributed by atoms with Gasteiger partial charge in [0, 0.05) is 10.7 Å². The summed E-state index contributed by atoms with van der Waals surface area (Å²) in [4.78, 5) is 12.6. The summed E-state index contributed by atoms with van der Waals surface area (Å²) >= 11 is 11.3. The number of halogens is 1. The second kappa shape index (κ2) is 7.72. The van der Waals surface area contributed by atoms with Crippen LogP contribution in [0.25, 0.3) is 10.8 Å². The highest BCUT2D eigenvalue weighted by molar-refractivity contribution is 7.80. The van der Waals surface area contributed by atoms with Crippen LogP contribution in [0.3, 0.4) is 0 Å². The van der Waals surface area contributed by atoms with Gasteiger partial charge in [-0.1, -0.05) is 41.9 Å².